The first-order valence-corrected chi connectivity index (χ1v) is 21.0. The number of nitrogens with one attached hydrogen (secondary N) is 1. The number of aliphatic hydroxyl groups excluding tert-OH is 1. The van der Waals surface area contributed by atoms with E-state index in [2.05, 4.69) is 35.2 Å². The van der Waals surface area contributed by atoms with Crippen LogP contribution >= 0.6 is 11.6 Å². The summed E-state index contributed by atoms with van der Waals surface area (Å²) in [6.45, 7) is 8.22. The van der Waals surface area contributed by atoms with Gasteiger partial charge >= 0.3 is 6.01 Å². The van der Waals surface area contributed by atoms with Crippen molar-refractivity contribution in [2.24, 2.45) is 0 Å². The van der Waals surface area contributed by atoms with Crippen LogP contribution < -0.4 is 9.46 Å². The van der Waals surface area contributed by atoms with Gasteiger partial charge in [-0.25, -0.2) is 14.2 Å². The van der Waals surface area contributed by atoms with Crippen LogP contribution in [0, 0.1) is 0 Å². The first kappa shape index (κ1) is 31.9. The van der Waals surface area contributed by atoms with Crippen LogP contribution in [-0.2, 0) is 30.6 Å². The van der Waals surface area contributed by atoms with Crippen LogP contribution in [0.4, 0.5) is 5.82 Å². The van der Waals surface area contributed by atoms with Gasteiger partial charge in [-0.2, -0.15) is 4.98 Å². The van der Waals surface area contributed by atoms with Gasteiger partial charge < -0.3 is 24.1 Å². The number of anilines is 1. The molecule has 6 rings (SSSR count). The zero-order valence-electron chi connectivity index (χ0n) is 25.7. The fraction of sp³-hybridized carbons (Fsp3) is 0.419. The van der Waals surface area contributed by atoms with Crippen molar-refractivity contribution in [3.05, 3.63) is 53.7 Å². The number of aliphatic hydroxyl groups is 1. The van der Waals surface area contributed by atoms with Gasteiger partial charge in [0, 0.05) is 42.4 Å². The van der Waals surface area contributed by atoms with Crippen LogP contribution in [-0.4, -0.2) is 93.3 Å². The number of halogens is 1. The summed E-state index contributed by atoms with van der Waals surface area (Å²) in [5.41, 5.74) is 4.41. The molecule has 0 saturated carbocycles. The molecule has 2 aliphatic rings. The van der Waals surface area contributed by atoms with Crippen LogP contribution in [0.3, 0.4) is 0 Å². The number of rotatable bonds is 11. The van der Waals surface area contributed by atoms with Crippen molar-refractivity contribution in [1.29, 1.82) is 0 Å². The molecule has 45 heavy (non-hydrogen) atoms. The second-order valence-electron chi connectivity index (χ2n) is 12.8. The Hall–Kier alpha value is -3.04. The lowest BCUT2D eigenvalue weighted by Crippen LogP contribution is -2.35. The van der Waals surface area contributed by atoms with Crippen molar-refractivity contribution in [2.45, 2.75) is 56.8 Å². The third-order valence-electron chi connectivity index (χ3n) is 7.67. The summed E-state index contributed by atoms with van der Waals surface area (Å²) in [4.78, 5) is 13.9. The standard InChI is InChI=1S/C31H38ClN5O6SSi/c1-44(2,39)36-26-14-21(10-11-33-26)19-6-8-20(9-7-19)27-22(32)15-23-30(35-27)37(18-40-12-13-45(3,4)5)31(34-23)43-25-17-42-28-24(38)16-41-29(25)28/h6-11,14-15,24-25,28-29,38H,1,12-13,16-18H2,2-5H3,(H,33,36,39)/t24-,25-,28-,29-,44?/m1/s1. The van der Waals surface area contributed by atoms with Gasteiger partial charge in [0.05, 0.1) is 23.9 Å². The number of hydrogen-bond donors (Lipinski definition) is 2. The minimum atomic E-state index is -2.45. The van der Waals surface area contributed by atoms with Gasteiger partial charge in [-0.1, -0.05) is 55.5 Å². The first-order valence-electron chi connectivity index (χ1n) is 14.7. The fourth-order valence-electron chi connectivity index (χ4n) is 5.34. The molecule has 5 heterocycles. The molecular weight excluding hydrogens is 634 g/mol. The number of pyridine rings is 2. The molecule has 2 N–H and O–H groups in total. The largest absolute Gasteiger partial charge is 0.456 e. The van der Waals surface area contributed by atoms with E-state index in [4.69, 9.17) is 40.5 Å². The molecular formula is C31H38ClN5O6SSi. The van der Waals surface area contributed by atoms with E-state index in [0.717, 1.165) is 22.7 Å². The van der Waals surface area contributed by atoms with Gasteiger partial charge in [-0.3, -0.25) is 9.29 Å². The van der Waals surface area contributed by atoms with E-state index < -0.39 is 36.1 Å². The molecule has 1 aromatic carbocycles. The molecule has 0 radical (unpaired) electrons. The van der Waals surface area contributed by atoms with Crippen molar-refractivity contribution in [3.8, 4) is 28.4 Å². The molecule has 2 aliphatic heterocycles. The number of hydrogen-bond acceptors (Lipinski definition) is 9. The van der Waals surface area contributed by atoms with E-state index in [1.54, 1.807) is 12.3 Å². The predicted octanol–water partition coefficient (Wildman–Crippen LogP) is 4.71. The zero-order chi connectivity index (χ0) is 31.9. The molecule has 14 heteroatoms. The summed E-state index contributed by atoms with van der Waals surface area (Å²) in [5.74, 6) is 4.13. The van der Waals surface area contributed by atoms with E-state index in [0.29, 0.717) is 40.3 Å². The average molecular weight is 672 g/mol. The van der Waals surface area contributed by atoms with E-state index in [-0.39, 0.29) is 26.0 Å². The summed E-state index contributed by atoms with van der Waals surface area (Å²) >= 11 is 6.78. The zero-order valence-corrected chi connectivity index (χ0v) is 28.3. The topological polar surface area (TPSA) is 130 Å². The molecule has 0 amide bonds. The molecule has 0 spiro atoms. The van der Waals surface area contributed by atoms with Crippen LogP contribution in [0.25, 0.3) is 33.5 Å². The molecule has 1 unspecified atom stereocenters. The van der Waals surface area contributed by atoms with E-state index >= 15 is 0 Å². The second-order valence-corrected chi connectivity index (χ2v) is 21.0. The summed E-state index contributed by atoms with van der Waals surface area (Å²) < 4.78 is 40.7. The maximum Gasteiger partial charge on any atom is 0.301 e. The Labute approximate surface area is 269 Å². The second kappa shape index (κ2) is 12.6. The van der Waals surface area contributed by atoms with Gasteiger partial charge in [0.15, 0.2) is 11.8 Å². The normalized spacial score (nSPS) is 22.8. The first-order chi connectivity index (χ1) is 21.3. The van der Waals surface area contributed by atoms with E-state index in [1.807, 2.05) is 41.0 Å². The van der Waals surface area contributed by atoms with Gasteiger partial charge in [-0.15, -0.1) is 0 Å². The van der Waals surface area contributed by atoms with E-state index in [1.165, 1.54) is 6.26 Å². The van der Waals surface area contributed by atoms with Crippen molar-refractivity contribution in [3.63, 3.8) is 0 Å². The molecule has 2 fully saturated rings. The molecule has 4 aromatic rings. The molecule has 0 aliphatic carbocycles. The average Bonchev–Trinajstić information content (AvgIpc) is 3.64. The van der Waals surface area contributed by atoms with Crippen LogP contribution in [0.1, 0.15) is 0 Å². The Kier molecular flexibility index (Phi) is 8.96. The highest BCUT2D eigenvalue weighted by Gasteiger charge is 2.49. The maximum absolute atomic E-state index is 12.1. The lowest BCUT2D eigenvalue weighted by atomic mass is 10.0. The minimum Gasteiger partial charge on any atom is -0.456 e. The van der Waals surface area contributed by atoms with Gasteiger partial charge in [0.2, 0.25) is 0 Å². The maximum atomic E-state index is 12.1. The number of ether oxygens (including phenoxy) is 4. The smallest absolute Gasteiger partial charge is 0.301 e. The third kappa shape index (κ3) is 7.35. The van der Waals surface area contributed by atoms with Gasteiger partial charge in [-0.05, 0) is 41.2 Å². The SMILES string of the molecule is C=S(C)(=O)Nc1cc(-c2ccc(-c3nc4c(cc3Cl)nc(O[C@@H]3CO[C@H]5[C@@H]3OC[C@H]5O)n4COCC[Si](C)(C)C)cc2)ccn1. The highest BCUT2D eigenvalue weighted by atomic mass is 35.5. The highest BCUT2D eigenvalue weighted by molar-refractivity contribution is 8.00. The van der Waals surface area contributed by atoms with E-state index in [9.17, 15) is 9.32 Å². The molecule has 3 aromatic heterocycles. The van der Waals surface area contributed by atoms with Crippen molar-refractivity contribution >= 4 is 52.2 Å². The monoisotopic (exact) mass is 671 g/mol. The van der Waals surface area contributed by atoms with Crippen LogP contribution in [0.15, 0.2) is 48.7 Å². The molecule has 2 saturated heterocycles. The Bertz CT molecular complexity index is 1800. The quantitative estimate of drug-likeness (QED) is 0.132. The van der Waals surface area contributed by atoms with Crippen molar-refractivity contribution in [2.75, 3.05) is 30.8 Å². The number of fused-ring (bicyclic) bond motifs is 2. The molecule has 5 atom stereocenters. The van der Waals surface area contributed by atoms with Crippen LogP contribution in [0.2, 0.25) is 30.7 Å². The minimum absolute atomic E-state index is 0.199. The predicted molar refractivity (Wildman–Crippen MR) is 180 cm³/mol. The van der Waals surface area contributed by atoms with Crippen LogP contribution in [0.5, 0.6) is 6.01 Å². The lowest BCUT2D eigenvalue weighted by Gasteiger charge is -2.19. The van der Waals surface area contributed by atoms with Gasteiger partial charge in [0.25, 0.3) is 0 Å². The summed E-state index contributed by atoms with van der Waals surface area (Å²) in [6, 6.07) is 14.7. The molecule has 240 valence electrons. The number of nitrogens with zero attached hydrogens (tertiary/aromatic N) is 4. The highest BCUT2D eigenvalue weighted by Crippen LogP contribution is 2.35. The Morgan fingerprint density at radius 3 is 2.56 bits per heavy atom. The lowest BCUT2D eigenvalue weighted by molar-refractivity contribution is 0.00336. The number of benzene rings is 1. The Balaban J connectivity index is 1.30. The number of aromatic nitrogens is 4. The Morgan fingerprint density at radius 1 is 1.09 bits per heavy atom. The third-order valence-corrected chi connectivity index (χ3v) is 10.3. The molecule has 11 nitrogen and oxygen atoms in total. The fourth-order valence-corrected chi connectivity index (χ4v) is 6.90. The Morgan fingerprint density at radius 2 is 1.82 bits per heavy atom. The summed E-state index contributed by atoms with van der Waals surface area (Å²) in [5, 5.41) is 10.6. The number of imidazole rings is 1. The van der Waals surface area contributed by atoms with Crippen molar-refractivity contribution < 1.29 is 28.3 Å². The van der Waals surface area contributed by atoms with Crippen molar-refractivity contribution in [1.82, 2.24) is 19.5 Å². The summed E-state index contributed by atoms with van der Waals surface area (Å²) in [6.07, 6.45) is 1.26. The molecule has 0 bridgehead atoms. The summed E-state index contributed by atoms with van der Waals surface area (Å²) in [7, 11) is -3.75. The van der Waals surface area contributed by atoms with Gasteiger partial charge in [0.1, 0.15) is 36.4 Å².